The Labute approximate surface area is 123 Å². The Bertz CT molecular complexity index is 311. The van der Waals surface area contributed by atoms with Gasteiger partial charge in [-0.25, -0.2) is 0 Å². The van der Waals surface area contributed by atoms with E-state index in [0.29, 0.717) is 11.9 Å². The topological polar surface area (TPSA) is 35.6 Å². The molecule has 116 valence electrons. The van der Waals surface area contributed by atoms with Crippen molar-refractivity contribution in [3.05, 3.63) is 0 Å². The molecule has 2 fully saturated rings. The van der Waals surface area contributed by atoms with Gasteiger partial charge in [0.1, 0.15) is 0 Å². The summed E-state index contributed by atoms with van der Waals surface area (Å²) in [4.78, 5) is 16.4. The molecular formula is C16H31N3O. The maximum absolute atomic E-state index is 11.9. The van der Waals surface area contributed by atoms with E-state index >= 15 is 0 Å². The molecule has 0 saturated carbocycles. The van der Waals surface area contributed by atoms with Crippen molar-refractivity contribution < 1.29 is 4.79 Å². The lowest BCUT2D eigenvalue weighted by atomic mass is 9.97. The number of carbonyl (C=O) groups is 1. The van der Waals surface area contributed by atoms with E-state index in [1.54, 1.807) is 0 Å². The fourth-order valence-corrected chi connectivity index (χ4v) is 3.44. The second-order valence-corrected chi connectivity index (χ2v) is 6.93. The Kier molecular flexibility index (Phi) is 5.85. The first-order valence-corrected chi connectivity index (χ1v) is 8.27. The molecule has 2 saturated heterocycles. The minimum atomic E-state index is 0.136. The Hall–Kier alpha value is -0.610. The first-order chi connectivity index (χ1) is 9.56. The molecule has 0 aromatic heterocycles. The molecule has 1 amide bonds. The summed E-state index contributed by atoms with van der Waals surface area (Å²) in [6.07, 6.45) is 4.92. The maximum atomic E-state index is 11.9. The van der Waals surface area contributed by atoms with Crippen molar-refractivity contribution in [1.29, 1.82) is 0 Å². The van der Waals surface area contributed by atoms with Crippen molar-refractivity contribution in [1.82, 2.24) is 15.1 Å². The standard InChI is InChI=1S/C16H31N3O/c1-13(2)16(20)19-9-6-15(7-10-19)17-11-14-5-4-8-18(3)12-14/h13-15,17H,4-12H2,1-3H3. The first-order valence-electron chi connectivity index (χ1n) is 8.27. The molecule has 2 rings (SSSR count). The zero-order chi connectivity index (χ0) is 14.5. The smallest absolute Gasteiger partial charge is 0.225 e. The highest BCUT2D eigenvalue weighted by Gasteiger charge is 2.25. The molecule has 2 heterocycles. The fraction of sp³-hybridized carbons (Fsp3) is 0.938. The van der Waals surface area contributed by atoms with Crippen LogP contribution in [0.3, 0.4) is 0 Å². The molecule has 0 aliphatic carbocycles. The zero-order valence-electron chi connectivity index (χ0n) is 13.4. The van der Waals surface area contributed by atoms with E-state index in [4.69, 9.17) is 0 Å². The van der Waals surface area contributed by atoms with Gasteiger partial charge in [-0.1, -0.05) is 13.8 Å². The predicted molar refractivity (Wildman–Crippen MR) is 82.7 cm³/mol. The molecule has 1 atom stereocenters. The van der Waals surface area contributed by atoms with Gasteiger partial charge in [0.2, 0.25) is 5.91 Å². The van der Waals surface area contributed by atoms with E-state index in [0.717, 1.165) is 38.4 Å². The van der Waals surface area contributed by atoms with Gasteiger partial charge in [-0.2, -0.15) is 0 Å². The number of nitrogens with zero attached hydrogens (tertiary/aromatic N) is 2. The molecule has 0 radical (unpaired) electrons. The van der Waals surface area contributed by atoms with Gasteiger partial charge < -0.3 is 15.1 Å². The lowest BCUT2D eigenvalue weighted by Crippen LogP contribution is -2.48. The van der Waals surface area contributed by atoms with Crippen LogP contribution in [0, 0.1) is 11.8 Å². The van der Waals surface area contributed by atoms with Crippen molar-refractivity contribution >= 4 is 5.91 Å². The van der Waals surface area contributed by atoms with Gasteiger partial charge >= 0.3 is 0 Å². The van der Waals surface area contributed by atoms with E-state index in [1.165, 1.54) is 25.9 Å². The SMILES string of the molecule is CC(C)C(=O)N1CCC(NCC2CCCN(C)C2)CC1. The molecule has 2 aliphatic rings. The highest BCUT2D eigenvalue weighted by molar-refractivity contribution is 5.78. The number of hydrogen-bond donors (Lipinski definition) is 1. The average Bonchev–Trinajstić information content (AvgIpc) is 2.45. The van der Waals surface area contributed by atoms with Crippen molar-refractivity contribution in [2.75, 3.05) is 39.8 Å². The number of rotatable bonds is 4. The third kappa shape index (κ3) is 4.45. The highest BCUT2D eigenvalue weighted by Crippen LogP contribution is 2.17. The van der Waals surface area contributed by atoms with Crippen LogP contribution < -0.4 is 5.32 Å². The van der Waals surface area contributed by atoms with Crippen molar-refractivity contribution in [3.8, 4) is 0 Å². The summed E-state index contributed by atoms with van der Waals surface area (Å²) < 4.78 is 0. The van der Waals surface area contributed by atoms with Crippen molar-refractivity contribution in [2.45, 2.75) is 45.6 Å². The average molecular weight is 281 g/mol. The maximum Gasteiger partial charge on any atom is 0.225 e. The van der Waals surface area contributed by atoms with Crippen LogP contribution in [0.5, 0.6) is 0 Å². The molecule has 0 spiro atoms. The van der Waals surface area contributed by atoms with Crippen LogP contribution in [0.2, 0.25) is 0 Å². The van der Waals surface area contributed by atoms with Gasteiger partial charge in [-0.15, -0.1) is 0 Å². The Balaban J connectivity index is 1.65. The van der Waals surface area contributed by atoms with Gasteiger partial charge in [0.15, 0.2) is 0 Å². The highest BCUT2D eigenvalue weighted by atomic mass is 16.2. The summed E-state index contributed by atoms with van der Waals surface area (Å²) in [5.74, 6) is 1.26. The second-order valence-electron chi connectivity index (χ2n) is 6.93. The summed E-state index contributed by atoms with van der Waals surface area (Å²) in [6, 6.07) is 0.610. The number of likely N-dealkylation sites (tertiary alicyclic amines) is 2. The number of hydrogen-bond acceptors (Lipinski definition) is 3. The van der Waals surface area contributed by atoms with Crippen LogP contribution in [-0.4, -0.2) is 61.5 Å². The largest absolute Gasteiger partial charge is 0.342 e. The molecular weight excluding hydrogens is 250 g/mol. The molecule has 0 bridgehead atoms. The van der Waals surface area contributed by atoms with Gasteiger partial charge in [-0.3, -0.25) is 4.79 Å². The number of piperidine rings is 2. The minimum absolute atomic E-state index is 0.136. The fourth-order valence-electron chi connectivity index (χ4n) is 3.44. The number of amides is 1. The summed E-state index contributed by atoms with van der Waals surface area (Å²) in [5, 5.41) is 3.74. The van der Waals surface area contributed by atoms with Gasteiger partial charge in [0.05, 0.1) is 0 Å². The van der Waals surface area contributed by atoms with Crippen LogP contribution in [-0.2, 0) is 4.79 Å². The molecule has 4 nitrogen and oxygen atoms in total. The van der Waals surface area contributed by atoms with Crippen LogP contribution in [0.4, 0.5) is 0 Å². The normalized spacial score (nSPS) is 26.2. The molecule has 1 unspecified atom stereocenters. The number of carbonyl (C=O) groups excluding carboxylic acids is 1. The second kappa shape index (κ2) is 7.41. The molecule has 0 aromatic rings. The summed E-state index contributed by atoms with van der Waals surface area (Å²) in [7, 11) is 2.22. The molecule has 2 aliphatic heterocycles. The molecule has 4 heteroatoms. The summed E-state index contributed by atoms with van der Waals surface area (Å²) >= 11 is 0. The van der Waals surface area contributed by atoms with Gasteiger partial charge in [0.25, 0.3) is 0 Å². The van der Waals surface area contributed by atoms with Crippen molar-refractivity contribution in [3.63, 3.8) is 0 Å². The predicted octanol–water partition coefficient (Wildman–Crippen LogP) is 1.56. The minimum Gasteiger partial charge on any atom is -0.342 e. The van der Waals surface area contributed by atoms with E-state index in [2.05, 4.69) is 17.3 Å². The molecule has 0 aromatic carbocycles. The van der Waals surface area contributed by atoms with Crippen LogP contribution >= 0.6 is 0 Å². The first kappa shape index (κ1) is 15.8. The zero-order valence-corrected chi connectivity index (χ0v) is 13.4. The Morgan fingerprint density at radius 1 is 1.20 bits per heavy atom. The summed E-state index contributed by atoms with van der Waals surface area (Å²) in [6.45, 7) is 9.48. The lowest BCUT2D eigenvalue weighted by Gasteiger charge is -2.35. The Morgan fingerprint density at radius 2 is 1.90 bits per heavy atom. The molecule has 1 N–H and O–H groups in total. The van der Waals surface area contributed by atoms with E-state index in [1.807, 2.05) is 18.7 Å². The van der Waals surface area contributed by atoms with E-state index in [9.17, 15) is 4.79 Å². The quantitative estimate of drug-likeness (QED) is 0.849. The van der Waals surface area contributed by atoms with Crippen LogP contribution in [0.1, 0.15) is 39.5 Å². The monoisotopic (exact) mass is 281 g/mol. The summed E-state index contributed by atoms with van der Waals surface area (Å²) in [5.41, 5.74) is 0. The molecule has 20 heavy (non-hydrogen) atoms. The van der Waals surface area contributed by atoms with E-state index < -0.39 is 0 Å². The van der Waals surface area contributed by atoms with E-state index in [-0.39, 0.29) is 5.92 Å². The number of nitrogens with one attached hydrogen (secondary N) is 1. The lowest BCUT2D eigenvalue weighted by molar-refractivity contribution is -0.135. The van der Waals surface area contributed by atoms with Gasteiger partial charge in [0, 0.05) is 31.6 Å². The van der Waals surface area contributed by atoms with Crippen LogP contribution in [0.25, 0.3) is 0 Å². The Morgan fingerprint density at radius 3 is 2.50 bits per heavy atom. The van der Waals surface area contributed by atoms with Gasteiger partial charge in [-0.05, 0) is 51.7 Å². The van der Waals surface area contributed by atoms with Crippen molar-refractivity contribution in [2.24, 2.45) is 11.8 Å². The third-order valence-electron chi connectivity index (χ3n) is 4.72. The third-order valence-corrected chi connectivity index (χ3v) is 4.72. The van der Waals surface area contributed by atoms with Crippen LogP contribution in [0.15, 0.2) is 0 Å².